The zero-order chi connectivity index (χ0) is 5.91. The Labute approximate surface area is 50.0 Å². The number of rotatable bonds is 2. The molecule has 0 aliphatic carbocycles. The smallest absolute Gasteiger partial charge is 0.207 e. The summed E-state index contributed by atoms with van der Waals surface area (Å²) in [5.41, 5.74) is 0. The fourth-order valence-electron chi connectivity index (χ4n) is 0.166. The van der Waals surface area contributed by atoms with Crippen LogP contribution < -0.4 is 0 Å². The van der Waals surface area contributed by atoms with Gasteiger partial charge in [0.2, 0.25) is 5.92 Å². The van der Waals surface area contributed by atoms with Crippen LogP contribution in [0.4, 0.5) is 8.78 Å². The number of halogens is 3. The Balaban J connectivity index is 3.15. The molecule has 0 saturated heterocycles. The van der Waals surface area contributed by atoms with Crippen LogP contribution in [0, 0.1) is 0 Å². The molecule has 7 heavy (non-hydrogen) atoms. The van der Waals surface area contributed by atoms with Gasteiger partial charge in [-0.2, -0.15) is 0 Å². The molecule has 0 aromatic heterocycles. The molecule has 0 bridgehead atoms. The van der Waals surface area contributed by atoms with Gasteiger partial charge in [0.05, 0.1) is 0 Å². The van der Waals surface area contributed by atoms with Crippen LogP contribution in [0.15, 0.2) is 0 Å². The molecule has 0 spiro atoms. The van der Waals surface area contributed by atoms with Gasteiger partial charge in [0.15, 0.2) is 0 Å². The van der Waals surface area contributed by atoms with Crippen LogP contribution in [-0.2, 0) is 0 Å². The van der Waals surface area contributed by atoms with E-state index in [-0.39, 0.29) is 6.42 Å². The van der Waals surface area contributed by atoms with Gasteiger partial charge < -0.3 is 0 Å². The summed E-state index contributed by atoms with van der Waals surface area (Å²) in [6.07, 6.45) is -0.0764. The Hall–Kier alpha value is 0.340. The molecule has 0 nitrogen and oxygen atoms in total. The third kappa shape index (κ3) is 6.34. The van der Waals surface area contributed by atoms with Crippen molar-refractivity contribution in [2.24, 2.45) is 0 Å². The van der Waals surface area contributed by atoms with Crippen molar-refractivity contribution in [3.63, 3.8) is 0 Å². The van der Waals surface area contributed by atoms with Gasteiger partial charge in [-0.1, -0.05) is 15.9 Å². The highest BCUT2D eigenvalue weighted by molar-refractivity contribution is 9.09. The van der Waals surface area contributed by atoms with E-state index in [1.54, 1.807) is 0 Å². The lowest BCUT2D eigenvalue weighted by atomic mass is 10.3. The Bertz CT molecular complexity index is 48.1. The van der Waals surface area contributed by atoms with Crippen molar-refractivity contribution in [3.05, 3.63) is 0 Å². The Morgan fingerprint density at radius 3 is 2.00 bits per heavy atom. The minimum absolute atomic E-state index is 0.0764. The van der Waals surface area contributed by atoms with Gasteiger partial charge in [0.1, 0.15) is 0 Å². The minimum Gasteiger partial charge on any atom is -0.207 e. The fourth-order valence-corrected chi connectivity index (χ4v) is 0.862. The SMILES string of the molecule is CC(F)(F)CCBr. The molecule has 0 radical (unpaired) electrons. The van der Waals surface area contributed by atoms with Crippen molar-refractivity contribution in [1.82, 2.24) is 0 Å². The first-order chi connectivity index (χ1) is 3.06. The highest BCUT2D eigenvalue weighted by atomic mass is 79.9. The van der Waals surface area contributed by atoms with Crippen molar-refractivity contribution < 1.29 is 8.78 Å². The highest BCUT2D eigenvalue weighted by Gasteiger charge is 2.18. The van der Waals surface area contributed by atoms with Crippen LogP contribution in [0.25, 0.3) is 0 Å². The first kappa shape index (κ1) is 7.34. The molecule has 0 fully saturated rings. The topological polar surface area (TPSA) is 0 Å². The molecular weight excluding hydrogens is 166 g/mol. The third-order valence-electron chi connectivity index (χ3n) is 0.533. The summed E-state index contributed by atoms with van der Waals surface area (Å²) < 4.78 is 23.4. The van der Waals surface area contributed by atoms with Crippen LogP contribution in [0.5, 0.6) is 0 Å². The quantitative estimate of drug-likeness (QED) is 0.562. The highest BCUT2D eigenvalue weighted by Crippen LogP contribution is 2.16. The first-order valence-electron chi connectivity index (χ1n) is 2.00. The van der Waals surface area contributed by atoms with Gasteiger partial charge in [0.25, 0.3) is 0 Å². The van der Waals surface area contributed by atoms with Crippen molar-refractivity contribution in [2.45, 2.75) is 19.3 Å². The van der Waals surface area contributed by atoms with E-state index in [9.17, 15) is 8.78 Å². The molecule has 0 heterocycles. The molecule has 0 aromatic carbocycles. The molecule has 3 heteroatoms. The maximum atomic E-state index is 11.7. The summed E-state index contributed by atoms with van der Waals surface area (Å²) in [7, 11) is 0. The lowest BCUT2D eigenvalue weighted by Gasteiger charge is -2.04. The van der Waals surface area contributed by atoms with Crippen LogP contribution in [0.1, 0.15) is 13.3 Å². The average Bonchev–Trinajstić information content (AvgIpc) is 1.30. The zero-order valence-corrected chi connectivity index (χ0v) is 5.63. The van der Waals surface area contributed by atoms with Crippen LogP contribution >= 0.6 is 15.9 Å². The largest absolute Gasteiger partial charge is 0.246 e. The number of hydrogen-bond donors (Lipinski definition) is 0. The van der Waals surface area contributed by atoms with Gasteiger partial charge >= 0.3 is 0 Å². The Morgan fingerprint density at radius 1 is 1.57 bits per heavy atom. The first-order valence-corrected chi connectivity index (χ1v) is 3.12. The third-order valence-corrected chi connectivity index (χ3v) is 0.930. The lowest BCUT2D eigenvalue weighted by Crippen LogP contribution is -2.08. The molecule has 0 aliphatic rings. The molecule has 0 aromatic rings. The van der Waals surface area contributed by atoms with Crippen LogP contribution in [0.3, 0.4) is 0 Å². The van der Waals surface area contributed by atoms with Crippen LogP contribution in [0.2, 0.25) is 0 Å². The lowest BCUT2D eigenvalue weighted by molar-refractivity contribution is 0.0197. The van der Waals surface area contributed by atoms with E-state index in [1.165, 1.54) is 0 Å². The maximum Gasteiger partial charge on any atom is 0.246 e. The van der Waals surface area contributed by atoms with E-state index < -0.39 is 5.92 Å². The fraction of sp³-hybridized carbons (Fsp3) is 1.00. The Kier molecular flexibility index (Phi) is 2.73. The molecular formula is C4H7BrF2. The number of hydrogen-bond acceptors (Lipinski definition) is 0. The van der Waals surface area contributed by atoms with E-state index in [1.807, 2.05) is 0 Å². The standard InChI is InChI=1S/C4H7BrF2/c1-4(6,7)2-3-5/h2-3H2,1H3. The summed E-state index contributed by atoms with van der Waals surface area (Å²) in [6.45, 7) is 0.911. The molecule has 44 valence electrons. The van der Waals surface area contributed by atoms with Gasteiger partial charge in [0, 0.05) is 11.8 Å². The van der Waals surface area contributed by atoms with Crippen LogP contribution in [-0.4, -0.2) is 11.3 Å². The zero-order valence-electron chi connectivity index (χ0n) is 4.05. The molecule has 0 atom stereocenters. The summed E-state index contributed by atoms with van der Waals surface area (Å²) in [5, 5.41) is 0.372. The van der Waals surface area contributed by atoms with Crippen molar-refractivity contribution >= 4 is 15.9 Å². The molecule has 0 saturated carbocycles. The molecule has 0 amide bonds. The number of alkyl halides is 3. The summed E-state index contributed by atoms with van der Waals surface area (Å²) in [4.78, 5) is 0. The Morgan fingerprint density at radius 2 is 2.00 bits per heavy atom. The van der Waals surface area contributed by atoms with Gasteiger partial charge in [-0.25, -0.2) is 8.78 Å². The van der Waals surface area contributed by atoms with E-state index in [0.717, 1.165) is 6.92 Å². The molecule has 0 N–H and O–H groups in total. The molecule has 0 rings (SSSR count). The molecule has 0 aliphatic heterocycles. The second-order valence-corrected chi connectivity index (χ2v) is 2.30. The van der Waals surface area contributed by atoms with Crippen molar-refractivity contribution in [2.75, 3.05) is 5.33 Å². The normalized spacial score (nSPS) is 12.0. The minimum atomic E-state index is -2.50. The van der Waals surface area contributed by atoms with E-state index in [4.69, 9.17) is 0 Å². The van der Waals surface area contributed by atoms with Gasteiger partial charge in [-0.3, -0.25) is 0 Å². The summed E-state index contributed by atoms with van der Waals surface area (Å²) in [6, 6.07) is 0. The predicted octanol–water partition coefficient (Wildman–Crippen LogP) is 2.43. The summed E-state index contributed by atoms with van der Waals surface area (Å²) >= 11 is 2.91. The van der Waals surface area contributed by atoms with Crippen molar-refractivity contribution in [1.29, 1.82) is 0 Å². The average molecular weight is 173 g/mol. The van der Waals surface area contributed by atoms with E-state index in [2.05, 4.69) is 15.9 Å². The molecule has 0 unspecified atom stereocenters. The van der Waals surface area contributed by atoms with Gasteiger partial charge in [-0.15, -0.1) is 0 Å². The summed E-state index contributed by atoms with van der Waals surface area (Å²) in [5.74, 6) is -2.50. The van der Waals surface area contributed by atoms with Gasteiger partial charge in [-0.05, 0) is 6.92 Å². The van der Waals surface area contributed by atoms with E-state index in [0.29, 0.717) is 5.33 Å². The monoisotopic (exact) mass is 172 g/mol. The second-order valence-electron chi connectivity index (χ2n) is 1.51. The maximum absolute atomic E-state index is 11.7. The van der Waals surface area contributed by atoms with Crippen molar-refractivity contribution in [3.8, 4) is 0 Å². The van der Waals surface area contributed by atoms with E-state index >= 15 is 0 Å². The second kappa shape index (κ2) is 2.60. The predicted molar refractivity (Wildman–Crippen MR) is 29.0 cm³/mol.